The normalized spacial score (nSPS) is 13.3. The summed E-state index contributed by atoms with van der Waals surface area (Å²) < 4.78 is 4.95. The van der Waals surface area contributed by atoms with E-state index in [1.165, 1.54) is 0 Å². The predicted molar refractivity (Wildman–Crippen MR) is 52.7 cm³/mol. The topological polar surface area (TPSA) is 76.8 Å². The van der Waals surface area contributed by atoms with Crippen LogP contribution in [0.5, 0.6) is 0 Å². The zero-order chi connectivity index (χ0) is 9.97. The minimum atomic E-state index is -0.228. The van der Waals surface area contributed by atoms with Crippen molar-refractivity contribution in [3.05, 3.63) is 24.2 Å². The monoisotopic (exact) mass is 192 g/mol. The molecule has 0 spiro atoms. The number of imidazole rings is 1. The number of fused-ring (bicyclic) bond motifs is 1. The van der Waals surface area contributed by atoms with E-state index in [2.05, 4.69) is 15.0 Å². The number of methoxy groups -OCH3 is 1. The van der Waals surface area contributed by atoms with Crippen LogP contribution < -0.4 is 5.73 Å². The van der Waals surface area contributed by atoms with E-state index in [0.717, 1.165) is 5.52 Å². The Labute approximate surface area is 81.3 Å². The van der Waals surface area contributed by atoms with Gasteiger partial charge in [0.05, 0.1) is 18.2 Å². The standard InChI is InChI=1S/C9H12N4O/c1-14-5-6(10)8-12-7-3-2-4-11-9(7)13-8/h2-4,6H,5,10H2,1H3,(H,11,12,13). The molecule has 0 aliphatic rings. The van der Waals surface area contributed by atoms with Gasteiger partial charge in [0.1, 0.15) is 5.82 Å². The van der Waals surface area contributed by atoms with E-state index in [-0.39, 0.29) is 6.04 Å². The molecule has 2 aromatic heterocycles. The summed E-state index contributed by atoms with van der Waals surface area (Å²) in [5.41, 5.74) is 7.41. The molecule has 2 aromatic rings. The molecule has 0 aliphatic carbocycles. The second-order valence-corrected chi connectivity index (χ2v) is 3.06. The summed E-state index contributed by atoms with van der Waals surface area (Å²) >= 11 is 0. The van der Waals surface area contributed by atoms with Crippen LogP contribution in [0.25, 0.3) is 11.2 Å². The van der Waals surface area contributed by atoms with Crippen molar-refractivity contribution in [2.24, 2.45) is 5.73 Å². The predicted octanol–water partition coefficient (Wildman–Crippen LogP) is 0.604. The van der Waals surface area contributed by atoms with Crippen LogP contribution in [0.3, 0.4) is 0 Å². The number of nitrogens with two attached hydrogens (primary N) is 1. The first kappa shape index (κ1) is 9.11. The van der Waals surface area contributed by atoms with Crippen LogP contribution >= 0.6 is 0 Å². The summed E-state index contributed by atoms with van der Waals surface area (Å²) in [7, 11) is 1.61. The number of H-pyrrole nitrogens is 1. The molecule has 5 heteroatoms. The van der Waals surface area contributed by atoms with E-state index < -0.39 is 0 Å². The third kappa shape index (κ3) is 1.59. The lowest BCUT2D eigenvalue weighted by atomic mass is 10.3. The van der Waals surface area contributed by atoms with Gasteiger partial charge in [0.2, 0.25) is 0 Å². The molecule has 2 heterocycles. The minimum absolute atomic E-state index is 0.228. The molecule has 5 nitrogen and oxygen atoms in total. The second-order valence-electron chi connectivity index (χ2n) is 3.06. The highest BCUT2D eigenvalue weighted by molar-refractivity contribution is 5.69. The number of pyridine rings is 1. The molecule has 0 bridgehead atoms. The van der Waals surface area contributed by atoms with Gasteiger partial charge in [-0.15, -0.1) is 0 Å². The van der Waals surface area contributed by atoms with Crippen LogP contribution in [0.1, 0.15) is 11.9 Å². The van der Waals surface area contributed by atoms with E-state index >= 15 is 0 Å². The van der Waals surface area contributed by atoms with Gasteiger partial charge in [0.25, 0.3) is 0 Å². The molecule has 2 rings (SSSR count). The number of hydrogen-bond acceptors (Lipinski definition) is 4. The molecule has 14 heavy (non-hydrogen) atoms. The molecule has 0 radical (unpaired) electrons. The molecule has 0 fully saturated rings. The van der Waals surface area contributed by atoms with Gasteiger partial charge in [0, 0.05) is 13.3 Å². The Morgan fingerprint density at radius 1 is 1.64 bits per heavy atom. The van der Waals surface area contributed by atoms with Crippen LogP contribution in [0, 0.1) is 0 Å². The van der Waals surface area contributed by atoms with E-state index in [1.807, 2.05) is 12.1 Å². The fraction of sp³-hybridized carbons (Fsp3) is 0.333. The number of aromatic amines is 1. The number of rotatable bonds is 3. The minimum Gasteiger partial charge on any atom is -0.383 e. The Bertz CT molecular complexity index is 392. The first-order chi connectivity index (χ1) is 6.81. The third-order valence-electron chi connectivity index (χ3n) is 1.97. The molecule has 0 aromatic carbocycles. The van der Waals surface area contributed by atoms with Crippen LogP contribution in [0.4, 0.5) is 0 Å². The van der Waals surface area contributed by atoms with E-state index in [1.54, 1.807) is 13.3 Å². The number of nitrogens with zero attached hydrogens (tertiary/aromatic N) is 2. The molecule has 3 N–H and O–H groups in total. The quantitative estimate of drug-likeness (QED) is 0.746. The zero-order valence-electron chi connectivity index (χ0n) is 7.90. The smallest absolute Gasteiger partial charge is 0.177 e. The second kappa shape index (κ2) is 3.73. The molecule has 0 saturated carbocycles. The van der Waals surface area contributed by atoms with Crippen molar-refractivity contribution in [1.82, 2.24) is 15.0 Å². The van der Waals surface area contributed by atoms with E-state index in [0.29, 0.717) is 18.1 Å². The zero-order valence-corrected chi connectivity index (χ0v) is 7.90. The Hall–Kier alpha value is -1.46. The molecular formula is C9H12N4O. The van der Waals surface area contributed by atoms with Crippen LogP contribution in [-0.2, 0) is 4.74 Å². The average Bonchev–Trinajstić information content (AvgIpc) is 2.61. The average molecular weight is 192 g/mol. The van der Waals surface area contributed by atoms with Gasteiger partial charge in [-0.1, -0.05) is 0 Å². The molecule has 1 atom stereocenters. The van der Waals surface area contributed by atoms with Crippen molar-refractivity contribution in [2.45, 2.75) is 6.04 Å². The van der Waals surface area contributed by atoms with Gasteiger partial charge >= 0.3 is 0 Å². The lowest BCUT2D eigenvalue weighted by Crippen LogP contribution is -2.17. The Balaban J connectivity index is 2.35. The SMILES string of the molecule is COCC(N)c1nc2ncccc2[nH]1. The molecule has 0 aliphatic heterocycles. The van der Waals surface area contributed by atoms with Crippen molar-refractivity contribution in [2.75, 3.05) is 13.7 Å². The number of aromatic nitrogens is 3. The van der Waals surface area contributed by atoms with Gasteiger partial charge < -0.3 is 15.5 Å². The first-order valence-electron chi connectivity index (χ1n) is 4.36. The maximum atomic E-state index is 5.82. The number of ether oxygens (including phenoxy) is 1. The molecular weight excluding hydrogens is 180 g/mol. The summed E-state index contributed by atoms with van der Waals surface area (Å²) in [5, 5.41) is 0. The largest absolute Gasteiger partial charge is 0.383 e. The fourth-order valence-electron chi connectivity index (χ4n) is 1.30. The number of hydrogen-bond donors (Lipinski definition) is 2. The summed E-state index contributed by atoms with van der Waals surface area (Å²) in [6, 6.07) is 3.54. The first-order valence-corrected chi connectivity index (χ1v) is 4.36. The van der Waals surface area contributed by atoms with Gasteiger partial charge in [-0.2, -0.15) is 0 Å². The molecule has 74 valence electrons. The number of nitrogens with one attached hydrogen (secondary N) is 1. The highest BCUT2D eigenvalue weighted by Gasteiger charge is 2.10. The van der Waals surface area contributed by atoms with Crippen molar-refractivity contribution in [3.63, 3.8) is 0 Å². The van der Waals surface area contributed by atoms with Gasteiger partial charge in [-0.3, -0.25) is 0 Å². The lowest BCUT2D eigenvalue weighted by molar-refractivity contribution is 0.178. The Kier molecular flexibility index (Phi) is 2.43. The maximum absolute atomic E-state index is 5.82. The van der Waals surface area contributed by atoms with Crippen LogP contribution in [0.2, 0.25) is 0 Å². The third-order valence-corrected chi connectivity index (χ3v) is 1.97. The highest BCUT2D eigenvalue weighted by atomic mass is 16.5. The van der Waals surface area contributed by atoms with Crippen molar-refractivity contribution >= 4 is 11.2 Å². The van der Waals surface area contributed by atoms with Crippen LogP contribution in [0.15, 0.2) is 18.3 Å². The summed E-state index contributed by atoms with van der Waals surface area (Å²) in [4.78, 5) is 11.5. The van der Waals surface area contributed by atoms with Crippen molar-refractivity contribution < 1.29 is 4.74 Å². The van der Waals surface area contributed by atoms with Gasteiger partial charge in [0.15, 0.2) is 5.65 Å². The summed E-state index contributed by atoms with van der Waals surface area (Å²) in [6.07, 6.45) is 1.70. The molecule has 1 unspecified atom stereocenters. The molecule has 0 saturated heterocycles. The van der Waals surface area contributed by atoms with Gasteiger partial charge in [-0.25, -0.2) is 9.97 Å². The van der Waals surface area contributed by atoms with E-state index in [4.69, 9.17) is 10.5 Å². The van der Waals surface area contributed by atoms with Crippen LogP contribution in [-0.4, -0.2) is 28.7 Å². The Morgan fingerprint density at radius 2 is 2.50 bits per heavy atom. The fourth-order valence-corrected chi connectivity index (χ4v) is 1.30. The van der Waals surface area contributed by atoms with Gasteiger partial charge in [-0.05, 0) is 12.1 Å². The molecule has 0 amide bonds. The van der Waals surface area contributed by atoms with Crippen molar-refractivity contribution in [3.8, 4) is 0 Å². The maximum Gasteiger partial charge on any atom is 0.177 e. The summed E-state index contributed by atoms with van der Waals surface area (Å²) in [6.45, 7) is 0.444. The van der Waals surface area contributed by atoms with Crippen molar-refractivity contribution in [1.29, 1.82) is 0 Å². The summed E-state index contributed by atoms with van der Waals surface area (Å²) in [5.74, 6) is 0.709. The Morgan fingerprint density at radius 3 is 3.21 bits per heavy atom. The lowest BCUT2D eigenvalue weighted by Gasteiger charge is -2.05. The highest BCUT2D eigenvalue weighted by Crippen LogP contribution is 2.12. The van der Waals surface area contributed by atoms with E-state index in [9.17, 15) is 0 Å².